The van der Waals surface area contributed by atoms with Gasteiger partial charge in [-0.25, -0.2) is 24.4 Å². The highest BCUT2D eigenvalue weighted by atomic mass is 32.1. The van der Waals surface area contributed by atoms with Crippen molar-refractivity contribution in [2.75, 3.05) is 7.11 Å². The lowest BCUT2D eigenvalue weighted by Crippen LogP contribution is -2.06. The second-order valence-corrected chi connectivity index (χ2v) is 4.25. The van der Waals surface area contributed by atoms with E-state index in [1.165, 1.54) is 35.8 Å². The molecule has 0 bridgehead atoms. The molecule has 0 aliphatic heterocycles. The Balaban J connectivity index is 2.12. The Kier molecular flexibility index (Phi) is 2.49. The molecule has 0 N–H and O–H groups in total. The highest BCUT2D eigenvalue weighted by Gasteiger charge is 2.14. The van der Waals surface area contributed by atoms with Crippen molar-refractivity contribution in [3.8, 4) is 5.82 Å². The molecule has 0 unspecified atom stereocenters. The first-order chi connectivity index (χ1) is 8.79. The van der Waals surface area contributed by atoms with Crippen molar-refractivity contribution in [3.63, 3.8) is 0 Å². The summed E-state index contributed by atoms with van der Waals surface area (Å²) in [5, 5.41) is 5.95. The summed E-state index contributed by atoms with van der Waals surface area (Å²) in [5.41, 5.74) is 0.833. The van der Waals surface area contributed by atoms with Crippen molar-refractivity contribution in [2.24, 2.45) is 0 Å². The quantitative estimate of drug-likeness (QED) is 0.641. The highest BCUT2D eigenvalue weighted by Crippen LogP contribution is 2.23. The minimum atomic E-state index is -0.578. The van der Waals surface area contributed by atoms with Gasteiger partial charge in [0.15, 0.2) is 5.82 Å². The van der Waals surface area contributed by atoms with Crippen LogP contribution in [0.2, 0.25) is 0 Å². The standard InChI is InChI=1S/C10H7N5O2S/c1-17-10(16)8-13-5-15(14-8)9-7-6(2-3-18-7)11-4-12-9/h2-5H,1H3. The fourth-order valence-corrected chi connectivity index (χ4v) is 2.32. The Bertz CT molecular complexity index is 720. The van der Waals surface area contributed by atoms with Crippen LogP contribution in [0.3, 0.4) is 0 Å². The van der Waals surface area contributed by atoms with Gasteiger partial charge in [-0.15, -0.1) is 16.4 Å². The molecule has 0 aromatic carbocycles. The summed E-state index contributed by atoms with van der Waals surface area (Å²) in [5.74, 6) is 0.0173. The molecule has 8 heteroatoms. The zero-order valence-electron chi connectivity index (χ0n) is 9.27. The third kappa shape index (κ3) is 1.63. The summed E-state index contributed by atoms with van der Waals surface area (Å²) in [4.78, 5) is 23.4. The molecule has 3 aromatic heterocycles. The third-order valence-corrected chi connectivity index (χ3v) is 3.20. The van der Waals surface area contributed by atoms with Crippen LogP contribution in [0, 0.1) is 0 Å². The summed E-state index contributed by atoms with van der Waals surface area (Å²) >= 11 is 1.50. The highest BCUT2D eigenvalue weighted by molar-refractivity contribution is 7.17. The van der Waals surface area contributed by atoms with Crippen LogP contribution in [-0.4, -0.2) is 37.8 Å². The molecule has 0 saturated carbocycles. The van der Waals surface area contributed by atoms with E-state index in [0.29, 0.717) is 5.82 Å². The fourth-order valence-electron chi connectivity index (χ4n) is 1.49. The van der Waals surface area contributed by atoms with Gasteiger partial charge in [0.05, 0.1) is 17.3 Å². The van der Waals surface area contributed by atoms with E-state index in [4.69, 9.17) is 0 Å². The molecule has 0 atom stereocenters. The third-order valence-electron chi connectivity index (χ3n) is 2.30. The Morgan fingerprint density at radius 2 is 2.28 bits per heavy atom. The number of fused-ring (bicyclic) bond motifs is 1. The smallest absolute Gasteiger partial charge is 0.377 e. The summed E-state index contributed by atoms with van der Waals surface area (Å²) in [6, 6.07) is 1.89. The molecule has 90 valence electrons. The second-order valence-electron chi connectivity index (χ2n) is 3.34. The van der Waals surface area contributed by atoms with Gasteiger partial charge in [0.1, 0.15) is 12.7 Å². The van der Waals surface area contributed by atoms with Gasteiger partial charge in [-0.05, 0) is 11.4 Å². The van der Waals surface area contributed by atoms with Crippen LogP contribution in [0.15, 0.2) is 24.1 Å². The lowest BCUT2D eigenvalue weighted by Gasteiger charge is -1.99. The Hall–Kier alpha value is -2.35. The first-order valence-electron chi connectivity index (χ1n) is 4.98. The van der Waals surface area contributed by atoms with E-state index in [2.05, 4.69) is 24.8 Å². The molecule has 0 aliphatic rings. The number of rotatable bonds is 2. The lowest BCUT2D eigenvalue weighted by molar-refractivity contribution is 0.0587. The predicted molar refractivity (Wildman–Crippen MR) is 63.7 cm³/mol. The van der Waals surface area contributed by atoms with Crippen LogP contribution in [0.5, 0.6) is 0 Å². The zero-order valence-corrected chi connectivity index (χ0v) is 10.1. The molecule has 0 fully saturated rings. The van der Waals surface area contributed by atoms with Gasteiger partial charge in [-0.2, -0.15) is 0 Å². The Morgan fingerprint density at radius 1 is 1.39 bits per heavy atom. The maximum absolute atomic E-state index is 11.3. The van der Waals surface area contributed by atoms with Crippen LogP contribution in [-0.2, 0) is 4.74 Å². The van der Waals surface area contributed by atoms with E-state index >= 15 is 0 Å². The van der Waals surface area contributed by atoms with E-state index in [-0.39, 0.29) is 5.82 Å². The minimum absolute atomic E-state index is 0.000758. The summed E-state index contributed by atoms with van der Waals surface area (Å²) in [6.07, 6.45) is 2.87. The number of aromatic nitrogens is 5. The topological polar surface area (TPSA) is 82.8 Å². The number of nitrogens with zero attached hydrogens (tertiary/aromatic N) is 5. The molecule has 0 aliphatic carbocycles. The molecule has 0 amide bonds. The van der Waals surface area contributed by atoms with E-state index in [0.717, 1.165) is 10.2 Å². The number of hydrogen-bond acceptors (Lipinski definition) is 7. The molecule has 0 radical (unpaired) electrons. The fraction of sp³-hybridized carbons (Fsp3) is 0.100. The average molecular weight is 261 g/mol. The number of methoxy groups -OCH3 is 1. The van der Waals surface area contributed by atoms with Crippen LogP contribution >= 0.6 is 11.3 Å². The van der Waals surface area contributed by atoms with Gasteiger partial charge in [-0.3, -0.25) is 0 Å². The van der Waals surface area contributed by atoms with Gasteiger partial charge in [0, 0.05) is 0 Å². The van der Waals surface area contributed by atoms with Crippen molar-refractivity contribution >= 4 is 27.5 Å². The van der Waals surface area contributed by atoms with Crippen molar-refractivity contribution in [1.29, 1.82) is 0 Å². The minimum Gasteiger partial charge on any atom is -0.463 e. The second kappa shape index (κ2) is 4.15. The molecular weight excluding hydrogens is 254 g/mol. The summed E-state index contributed by atoms with van der Waals surface area (Å²) in [6.45, 7) is 0. The molecule has 3 aromatic rings. The maximum Gasteiger partial charge on any atom is 0.377 e. The van der Waals surface area contributed by atoms with Crippen LogP contribution in [0.25, 0.3) is 16.0 Å². The number of hydrogen-bond donors (Lipinski definition) is 0. The first kappa shape index (κ1) is 10.8. The van der Waals surface area contributed by atoms with Crippen molar-refractivity contribution < 1.29 is 9.53 Å². The monoisotopic (exact) mass is 261 g/mol. The summed E-state index contributed by atoms with van der Waals surface area (Å²) in [7, 11) is 1.28. The van der Waals surface area contributed by atoms with E-state index in [1.807, 2.05) is 11.4 Å². The lowest BCUT2D eigenvalue weighted by atomic mass is 10.4. The van der Waals surface area contributed by atoms with Gasteiger partial charge in [0.25, 0.3) is 5.82 Å². The van der Waals surface area contributed by atoms with Gasteiger partial charge >= 0.3 is 5.97 Å². The van der Waals surface area contributed by atoms with Gasteiger partial charge < -0.3 is 4.74 Å². The number of ether oxygens (including phenoxy) is 1. The molecule has 0 saturated heterocycles. The van der Waals surface area contributed by atoms with Crippen LogP contribution in [0.4, 0.5) is 0 Å². The van der Waals surface area contributed by atoms with E-state index in [9.17, 15) is 4.79 Å². The van der Waals surface area contributed by atoms with Crippen molar-refractivity contribution in [2.45, 2.75) is 0 Å². The number of thiophene rings is 1. The van der Waals surface area contributed by atoms with Crippen LogP contribution < -0.4 is 0 Å². The average Bonchev–Trinajstić information content (AvgIpc) is 3.05. The number of carbonyl (C=O) groups is 1. The number of carbonyl (C=O) groups excluding carboxylic acids is 1. The van der Waals surface area contributed by atoms with E-state index in [1.54, 1.807) is 0 Å². The van der Waals surface area contributed by atoms with Gasteiger partial charge in [0.2, 0.25) is 0 Å². The Labute approximate surface area is 105 Å². The predicted octanol–water partition coefficient (Wildman–Crippen LogP) is 1.06. The normalized spacial score (nSPS) is 10.7. The largest absolute Gasteiger partial charge is 0.463 e. The molecule has 3 rings (SSSR count). The van der Waals surface area contributed by atoms with Gasteiger partial charge in [-0.1, -0.05) is 0 Å². The SMILES string of the molecule is COC(=O)c1ncn(-c2ncnc3ccsc23)n1. The van der Waals surface area contributed by atoms with Crippen molar-refractivity contribution in [1.82, 2.24) is 24.7 Å². The van der Waals surface area contributed by atoms with E-state index < -0.39 is 5.97 Å². The molecule has 0 spiro atoms. The number of esters is 1. The molecule has 18 heavy (non-hydrogen) atoms. The maximum atomic E-state index is 11.3. The zero-order chi connectivity index (χ0) is 12.5. The summed E-state index contributed by atoms with van der Waals surface area (Å²) < 4.78 is 6.88. The molecular formula is C10H7N5O2S. The Morgan fingerprint density at radius 3 is 3.11 bits per heavy atom. The van der Waals surface area contributed by atoms with Crippen LogP contribution in [0.1, 0.15) is 10.6 Å². The molecule has 7 nitrogen and oxygen atoms in total. The molecule has 3 heterocycles. The first-order valence-corrected chi connectivity index (χ1v) is 5.86. The van der Waals surface area contributed by atoms with Crippen molar-refractivity contribution in [3.05, 3.63) is 29.9 Å².